The molecule has 3 N–H and O–H groups in total. The molecule has 10 heteroatoms. The van der Waals surface area contributed by atoms with Crippen molar-refractivity contribution >= 4 is 78.7 Å². The third-order valence-electron chi connectivity index (χ3n) is 3.12. The number of hydrazine groups is 1. The summed E-state index contributed by atoms with van der Waals surface area (Å²) in [5.74, 6) is -0.432. The number of thiocarbonyl (C=S) groups is 1. The lowest BCUT2D eigenvalue weighted by atomic mass is 10.2. The van der Waals surface area contributed by atoms with Crippen LogP contribution in [0.15, 0.2) is 57.5 Å². The molecule has 28 heavy (non-hydrogen) atoms. The number of hydrogen-bond acceptors (Lipinski definition) is 4. The molecule has 0 saturated heterocycles. The highest BCUT2D eigenvalue weighted by atomic mass is 79.9. The molecular formula is C18H14Br2ClN3O3S. The number of amides is 2. The lowest BCUT2D eigenvalue weighted by Crippen LogP contribution is -2.49. The van der Waals surface area contributed by atoms with Crippen LogP contribution in [-0.2, 0) is 9.59 Å². The van der Waals surface area contributed by atoms with E-state index in [1.165, 1.54) is 6.08 Å². The van der Waals surface area contributed by atoms with Gasteiger partial charge in [-0.3, -0.25) is 25.8 Å². The molecule has 0 heterocycles. The van der Waals surface area contributed by atoms with Gasteiger partial charge in [0.05, 0.1) is 4.47 Å². The Balaban J connectivity index is 1.73. The zero-order chi connectivity index (χ0) is 20.5. The van der Waals surface area contributed by atoms with Crippen molar-refractivity contribution in [3.63, 3.8) is 0 Å². The maximum absolute atomic E-state index is 11.8. The third-order valence-corrected chi connectivity index (χ3v) is 4.79. The van der Waals surface area contributed by atoms with Gasteiger partial charge in [0.15, 0.2) is 11.7 Å². The summed E-state index contributed by atoms with van der Waals surface area (Å²) in [7, 11) is 0. The molecular weight excluding hydrogens is 534 g/mol. The molecule has 0 atom stereocenters. The Morgan fingerprint density at radius 1 is 1.14 bits per heavy atom. The van der Waals surface area contributed by atoms with Gasteiger partial charge in [-0.15, -0.1) is 0 Å². The van der Waals surface area contributed by atoms with Crippen LogP contribution < -0.4 is 20.9 Å². The van der Waals surface area contributed by atoms with Crippen molar-refractivity contribution in [1.29, 1.82) is 0 Å². The Kier molecular flexibility index (Phi) is 8.91. The first-order valence-electron chi connectivity index (χ1n) is 7.75. The summed E-state index contributed by atoms with van der Waals surface area (Å²) in [5, 5.41) is 2.86. The molecule has 6 nitrogen and oxygen atoms in total. The zero-order valence-electron chi connectivity index (χ0n) is 14.2. The van der Waals surface area contributed by atoms with E-state index in [4.69, 9.17) is 28.6 Å². The predicted octanol–water partition coefficient (Wildman–Crippen LogP) is 3.98. The van der Waals surface area contributed by atoms with Gasteiger partial charge in [0.1, 0.15) is 5.75 Å². The summed E-state index contributed by atoms with van der Waals surface area (Å²) in [6.07, 6.45) is 2.84. The Morgan fingerprint density at radius 2 is 1.89 bits per heavy atom. The zero-order valence-corrected chi connectivity index (χ0v) is 18.9. The molecule has 0 aliphatic rings. The minimum atomic E-state index is -0.474. The molecule has 0 radical (unpaired) electrons. The van der Waals surface area contributed by atoms with Crippen molar-refractivity contribution in [2.24, 2.45) is 0 Å². The highest BCUT2D eigenvalue weighted by molar-refractivity contribution is 9.11. The normalized spacial score (nSPS) is 10.4. The monoisotopic (exact) mass is 545 g/mol. The Bertz CT molecular complexity index is 925. The Hall–Kier alpha value is -1.94. The summed E-state index contributed by atoms with van der Waals surface area (Å²) >= 11 is 17.6. The quantitative estimate of drug-likeness (QED) is 0.300. The molecule has 2 amide bonds. The molecule has 146 valence electrons. The Morgan fingerprint density at radius 3 is 2.61 bits per heavy atom. The summed E-state index contributed by atoms with van der Waals surface area (Å²) < 4.78 is 6.97. The summed E-state index contributed by atoms with van der Waals surface area (Å²) in [5.41, 5.74) is 5.45. The number of carbonyl (C=O) groups excluding carboxylic acids is 2. The SMILES string of the molecule is O=C(/C=C/c1ccccc1Cl)NC(=S)NNC(=O)COc1ccc(Br)cc1Br. The van der Waals surface area contributed by atoms with Gasteiger partial charge in [-0.25, -0.2) is 0 Å². The number of benzene rings is 2. The minimum absolute atomic E-state index is 0.0630. The van der Waals surface area contributed by atoms with Gasteiger partial charge in [0.25, 0.3) is 5.91 Å². The molecule has 0 unspecified atom stereocenters. The standard InChI is InChI=1S/C18H14Br2ClN3O3S/c19-12-6-7-15(13(20)9-12)27-10-17(26)23-24-18(28)22-16(25)8-5-11-3-1-2-4-14(11)21/h1-9H,10H2,(H,23,26)(H2,22,24,25,28)/b8-5+. The molecule has 2 aromatic carbocycles. The molecule has 0 aliphatic carbocycles. The van der Waals surface area contributed by atoms with Crippen molar-refractivity contribution in [2.45, 2.75) is 0 Å². The van der Waals surface area contributed by atoms with Gasteiger partial charge in [0, 0.05) is 15.6 Å². The second-order valence-corrected chi connectivity index (χ2v) is 7.80. The van der Waals surface area contributed by atoms with Crippen LogP contribution in [0.25, 0.3) is 6.08 Å². The van der Waals surface area contributed by atoms with E-state index in [1.807, 2.05) is 0 Å². The topological polar surface area (TPSA) is 79.5 Å². The molecule has 0 fully saturated rings. The molecule has 2 rings (SSSR count). The Labute approximate surface area is 188 Å². The van der Waals surface area contributed by atoms with E-state index in [1.54, 1.807) is 48.5 Å². The van der Waals surface area contributed by atoms with Gasteiger partial charge in [-0.1, -0.05) is 45.7 Å². The second kappa shape index (κ2) is 11.2. The van der Waals surface area contributed by atoms with Crippen LogP contribution in [0.4, 0.5) is 0 Å². The maximum Gasteiger partial charge on any atom is 0.276 e. The smallest absolute Gasteiger partial charge is 0.276 e. The lowest BCUT2D eigenvalue weighted by molar-refractivity contribution is -0.123. The average Bonchev–Trinajstić information content (AvgIpc) is 2.65. The van der Waals surface area contributed by atoms with E-state index >= 15 is 0 Å². The predicted molar refractivity (Wildman–Crippen MR) is 120 cm³/mol. The number of carbonyl (C=O) groups is 2. The van der Waals surface area contributed by atoms with E-state index in [-0.39, 0.29) is 11.7 Å². The van der Waals surface area contributed by atoms with Gasteiger partial charge >= 0.3 is 0 Å². The van der Waals surface area contributed by atoms with Crippen molar-refractivity contribution in [2.75, 3.05) is 6.61 Å². The molecule has 0 saturated carbocycles. The summed E-state index contributed by atoms with van der Waals surface area (Å²) in [6, 6.07) is 12.4. The van der Waals surface area contributed by atoms with E-state index < -0.39 is 11.8 Å². The number of halogens is 3. The minimum Gasteiger partial charge on any atom is -0.483 e. The second-order valence-electron chi connectivity index (χ2n) is 5.21. The van der Waals surface area contributed by atoms with Gasteiger partial charge in [0.2, 0.25) is 5.91 Å². The van der Waals surface area contributed by atoms with Gasteiger partial charge < -0.3 is 4.74 Å². The highest BCUT2D eigenvalue weighted by Gasteiger charge is 2.07. The van der Waals surface area contributed by atoms with E-state index in [0.717, 1.165) is 4.47 Å². The maximum atomic E-state index is 11.8. The fraction of sp³-hybridized carbons (Fsp3) is 0.0556. The number of rotatable bonds is 5. The molecule has 0 spiro atoms. The van der Waals surface area contributed by atoms with Crippen molar-refractivity contribution in [3.8, 4) is 5.75 Å². The van der Waals surface area contributed by atoms with Crippen LogP contribution in [0, 0.1) is 0 Å². The van der Waals surface area contributed by atoms with Crippen LogP contribution in [-0.4, -0.2) is 23.5 Å². The van der Waals surface area contributed by atoms with Crippen LogP contribution in [0.5, 0.6) is 5.75 Å². The van der Waals surface area contributed by atoms with Crippen LogP contribution in [0.3, 0.4) is 0 Å². The number of nitrogens with one attached hydrogen (secondary N) is 3. The fourth-order valence-corrected chi connectivity index (χ4v) is 3.37. The van der Waals surface area contributed by atoms with E-state index in [0.29, 0.717) is 20.8 Å². The van der Waals surface area contributed by atoms with E-state index in [9.17, 15) is 9.59 Å². The largest absolute Gasteiger partial charge is 0.483 e. The van der Waals surface area contributed by atoms with Crippen molar-refractivity contribution in [1.82, 2.24) is 16.2 Å². The lowest BCUT2D eigenvalue weighted by Gasteiger charge is -2.11. The molecule has 0 aromatic heterocycles. The first kappa shape index (κ1) is 22.4. The first-order valence-corrected chi connectivity index (χ1v) is 10.1. The summed E-state index contributed by atoms with van der Waals surface area (Å²) in [6.45, 7) is -0.240. The molecule has 0 aliphatic heterocycles. The molecule has 2 aromatic rings. The number of hydrogen-bond donors (Lipinski definition) is 3. The van der Waals surface area contributed by atoms with E-state index in [2.05, 4.69) is 48.0 Å². The van der Waals surface area contributed by atoms with Crippen LogP contribution in [0.1, 0.15) is 5.56 Å². The van der Waals surface area contributed by atoms with Gasteiger partial charge in [-0.05, 0) is 64.1 Å². The summed E-state index contributed by atoms with van der Waals surface area (Å²) in [4.78, 5) is 23.7. The first-order chi connectivity index (χ1) is 13.3. The molecule has 0 bridgehead atoms. The van der Waals surface area contributed by atoms with Gasteiger partial charge in [-0.2, -0.15) is 0 Å². The van der Waals surface area contributed by atoms with Crippen LogP contribution in [0.2, 0.25) is 5.02 Å². The highest BCUT2D eigenvalue weighted by Crippen LogP contribution is 2.28. The van der Waals surface area contributed by atoms with Crippen molar-refractivity contribution in [3.05, 3.63) is 68.1 Å². The third kappa shape index (κ3) is 7.59. The van der Waals surface area contributed by atoms with Crippen LogP contribution >= 0.6 is 55.7 Å². The average molecular weight is 548 g/mol. The fourth-order valence-electron chi connectivity index (χ4n) is 1.86. The number of ether oxygens (including phenoxy) is 1. The van der Waals surface area contributed by atoms with Crippen molar-refractivity contribution < 1.29 is 14.3 Å².